The third-order valence-corrected chi connectivity index (χ3v) is 5.34. The number of rotatable bonds is 5. The Morgan fingerprint density at radius 3 is 2.54 bits per heavy atom. The van der Waals surface area contributed by atoms with E-state index in [1.165, 1.54) is 19.3 Å². The molecule has 0 radical (unpaired) electrons. The first-order chi connectivity index (χ1) is 12.7. The van der Waals surface area contributed by atoms with E-state index in [0.717, 1.165) is 62.2 Å². The molecule has 140 valence electrons. The minimum atomic E-state index is 0.205. The minimum Gasteiger partial charge on any atom is -0.341 e. The molecule has 0 aliphatic carbocycles. The van der Waals surface area contributed by atoms with Crippen molar-refractivity contribution < 1.29 is 4.52 Å². The van der Waals surface area contributed by atoms with E-state index in [2.05, 4.69) is 43.8 Å². The summed E-state index contributed by atoms with van der Waals surface area (Å²) >= 11 is 0. The highest BCUT2D eigenvalue weighted by Gasteiger charge is 2.31. The number of nitrogens with zero attached hydrogens (tertiary/aromatic N) is 6. The summed E-state index contributed by atoms with van der Waals surface area (Å²) in [6.45, 7) is 8.18. The molecule has 0 bridgehead atoms. The fraction of sp³-hybridized carbons (Fsp3) is 0.684. The van der Waals surface area contributed by atoms with Gasteiger partial charge in [-0.25, -0.2) is 9.97 Å². The van der Waals surface area contributed by atoms with Gasteiger partial charge in [-0.15, -0.1) is 0 Å². The summed E-state index contributed by atoms with van der Waals surface area (Å²) in [5.74, 6) is 2.70. The molecule has 4 heterocycles. The molecule has 2 fully saturated rings. The molecule has 1 atom stereocenters. The van der Waals surface area contributed by atoms with Crippen molar-refractivity contribution >= 4 is 5.95 Å². The van der Waals surface area contributed by atoms with Crippen molar-refractivity contribution in [1.82, 2.24) is 25.0 Å². The lowest BCUT2D eigenvalue weighted by Crippen LogP contribution is -2.31. The molecule has 0 aromatic carbocycles. The molecule has 2 aliphatic heterocycles. The van der Waals surface area contributed by atoms with Crippen molar-refractivity contribution in [2.75, 3.05) is 24.5 Å². The third-order valence-electron chi connectivity index (χ3n) is 5.34. The van der Waals surface area contributed by atoms with Crippen molar-refractivity contribution in [3.8, 4) is 0 Å². The predicted octanol–water partition coefficient (Wildman–Crippen LogP) is 3.31. The summed E-state index contributed by atoms with van der Waals surface area (Å²) in [5, 5.41) is 4.12. The molecule has 0 N–H and O–H groups in total. The average molecular weight is 356 g/mol. The number of hydrogen-bond donors (Lipinski definition) is 0. The van der Waals surface area contributed by atoms with Crippen LogP contribution in [0.3, 0.4) is 0 Å². The fourth-order valence-corrected chi connectivity index (χ4v) is 3.83. The van der Waals surface area contributed by atoms with Gasteiger partial charge in [-0.05, 0) is 38.6 Å². The van der Waals surface area contributed by atoms with Crippen LogP contribution in [-0.4, -0.2) is 44.6 Å². The first-order valence-corrected chi connectivity index (χ1v) is 9.84. The Bertz CT molecular complexity index is 707. The maximum atomic E-state index is 5.54. The Morgan fingerprint density at radius 2 is 1.85 bits per heavy atom. The molecule has 0 spiro atoms. The van der Waals surface area contributed by atoms with E-state index < -0.39 is 0 Å². The highest BCUT2D eigenvalue weighted by atomic mass is 16.5. The summed E-state index contributed by atoms with van der Waals surface area (Å²) < 4.78 is 5.54. The number of anilines is 1. The van der Waals surface area contributed by atoms with E-state index in [-0.39, 0.29) is 12.0 Å². The molecule has 2 aromatic rings. The van der Waals surface area contributed by atoms with Crippen LogP contribution in [0.15, 0.2) is 16.9 Å². The monoisotopic (exact) mass is 356 g/mol. The van der Waals surface area contributed by atoms with Gasteiger partial charge in [-0.2, -0.15) is 4.98 Å². The van der Waals surface area contributed by atoms with Crippen LogP contribution in [0.4, 0.5) is 5.95 Å². The number of aromatic nitrogens is 4. The second-order valence-electron chi connectivity index (χ2n) is 7.71. The van der Waals surface area contributed by atoms with Crippen LogP contribution >= 0.6 is 0 Å². The summed E-state index contributed by atoms with van der Waals surface area (Å²) in [6.07, 6.45) is 9.95. The van der Waals surface area contributed by atoms with E-state index in [1.54, 1.807) is 0 Å². The third kappa shape index (κ3) is 3.72. The largest absolute Gasteiger partial charge is 0.341 e. The summed E-state index contributed by atoms with van der Waals surface area (Å²) in [6, 6.07) is 0.205. The first-order valence-electron chi connectivity index (χ1n) is 9.84. The van der Waals surface area contributed by atoms with E-state index in [1.807, 2.05) is 12.4 Å². The van der Waals surface area contributed by atoms with Crippen LogP contribution in [0, 0.1) is 0 Å². The molecule has 7 nitrogen and oxygen atoms in total. The van der Waals surface area contributed by atoms with E-state index >= 15 is 0 Å². The maximum absolute atomic E-state index is 5.54. The first kappa shape index (κ1) is 17.4. The van der Waals surface area contributed by atoms with Gasteiger partial charge < -0.3 is 9.42 Å². The molecular weight excluding hydrogens is 328 g/mol. The van der Waals surface area contributed by atoms with Crippen molar-refractivity contribution in [3.05, 3.63) is 29.7 Å². The summed E-state index contributed by atoms with van der Waals surface area (Å²) in [5.41, 5.74) is 1.14. The molecule has 7 heteroatoms. The van der Waals surface area contributed by atoms with Crippen LogP contribution < -0.4 is 4.90 Å². The zero-order chi connectivity index (χ0) is 17.9. The molecular formula is C19H28N6O. The summed E-state index contributed by atoms with van der Waals surface area (Å²) in [7, 11) is 0. The van der Waals surface area contributed by atoms with Gasteiger partial charge in [0, 0.05) is 43.5 Å². The van der Waals surface area contributed by atoms with Crippen molar-refractivity contribution in [3.63, 3.8) is 0 Å². The molecule has 2 aromatic heterocycles. The highest BCUT2D eigenvalue weighted by Crippen LogP contribution is 2.32. The molecule has 0 amide bonds. The van der Waals surface area contributed by atoms with E-state index in [0.29, 0.717) is 0 Å². The SMILES string of the molecule is CC(C)c1noc([C@H]2CCCN2Cc2cnc(N3CCCCC3)nc2)n1. The smallest absolute Gasteiger partial charge is 0.244 e. The van der Waals surface area contributed by atoms with E-state index in [4.69, 9.17) is 4.52 Å². The van der Waals surface area contributed by atoms with Gasteiger partial charge in [0.2, 0.25) is 11.8 Å². The number of hydrogen-bond acceptors (Lipinski definition) is 7. The molecule has 2 aliphatic rings. The lowest BCUT2D eigenvalue weighted by Gasteiger charge is -2.26. The van der Waals surface area contributed by atoms with Gasteiger partial charge in [0.1, 0.15) is 0 Å². The van der Waals surface area contributed by atoms with Gasteiger partial charge in [0.05, 0.1) is 6.04 Å². The van der Waals surface area contributed by atoms with Gasteiger partial charge in [-0.3, -0.25) is 4.90 Å². The highest BCUT2D eigenvalue weighted by molar-refractivity contribution is 5.30. The van der Waals surface area contributed by atoms with Crippen molar-refractivity contribution in [2.45, 2.75) is 64.5 Å². The Kier molecular flexibility index (Phi) is 5.15. The zero-order valence-corrected chi connectivity index (χ0v) is 15.8. The quantitative estimate of drug-likeness (QED) is 0.814. The lowest BCUT2D eigenvalue weighted by atomic mass is 10.1. The second-order valence-corrected chi connectivity index (χ2v) is 7.71. The normalized spacial score (nSPS) is 21.7. The Morgan fingerprint density at radius 1 is 1.08 bits per heavy atom. The average Bonchev–Trinajstić information content (AvgIpc) is 3.32. The second kappa shape index (κ2) is 7.70. The Labute approximate surface area is 154 Å². The molecule has 4 rings (SSSR count). The Balaban J connectivity index is 1.42. The van der Waals surface area contributed by atoms with Gasteiger partial charge in [-0.1, -0.05) is 19.0 Å². The molecule has 26 heavy (non-hydrogen) atoms. The molecule has 0 unspecified atom stereocenters. The van der Waals surface area contributed by atoms with Crippen LogP contribution in [0.25, 0.3) is 0 Å². The van der Waals surface area contributed by atoms with Gasteiger partial charge in [0.25, 0.3) is 0 Å². The Hall–Kier alpha value is -2.02. The van der Waals surface area contributed by atoms with Crippen LogP contribution in [0.1, 0.15) is 75.2 Å². The van der Waals surface area contributed by atoms with Crippen LogP contribution in [0.5, 0.6) is 0 Å². The van der Waals surface area contributed by atoms with E-state index in [9.17, 15) is 0 Å². The summed E-state index contributed by atoms with van der Waals surface area (Å²) in [4.78, 5) is 18.5. The standard InChI is InChI=1S/C19H28N6O/c1-14(2)17-22-18(26-23-17)16-7-6-10-25(16)13-15-11-20-19(21-12-15)24-8-4-3-5-9-24/h11-12,14,16H,3-10,13H2,1-2H3/t16-/m1/s1. The van der Waals surface area contributed by atoms with Crippen LogP contribution in [0.2, 0.25) is 0 Å². The maximum Gasteiger partial charge on any atom is 0.244 e. The van der Waals surface area contributed by atoms with Crippen molar-refractivity contribution in [2.24, 2.45) is 0 Å². The van der Waals surface area contributed by atoms with Crippen molar-refractivity contribution in [1.29, 1.82) is 0 Å². The fourth-order valence-electron chi connectivity index (χ4n) is 3.83. The molecule has 2 saturated heterocycles. The number of likely N-dealkylation sites (tertiary alicyclic amines) is 1. The lowest BCUT2D eigenvalue weighted by molar-refractivity contribution is 0.200. The van der Waals surface area contributed by atoms with Crippen LogP contribution in [-0.2, 0) is 6.54 Å². The topological polar surface area (TPSA) is 71.2 Å². The predicted molar refractivity (Wildman–Crippen MR) is 98.9 cm³/mol. The molecule has 0 saturated carbocycles. The minimum absolute atomic E-state index is 0.205. The zero-order valence-electron chi connectivity index (χ0n) is 15.8. The van der Waals surface area contributed by atoms with Gasteiger partial charge in [0.15, 0.2) is 5.82 Å². The van der Waals surface area contributed by atoms with Gasteiger partial charge >= 0.3 is 0 Å². The number of piperidine rings is 1.